The van der Waals surface area contributed by atoms with Crippen LogP contribution in [0.2, 0.25) is 0 Å². The van der Waals surface area contributed by atoms with E-state index in [9.17, 15) is 9.59 Å². The molecule has 0 aliphatic carbocycles. The maximum absolute atomic E-state index is 12.3. The summed E-state index contributed by atoms with van der Waals surface area (Å²) in [6.07, 6.45) is 3.05. The highest BCUT2D eigenvalue weighted by molar-refractivity contribution is 5.92. The fourth-order valence-electron chi connectivity index (χ4n) is 2.02. The van der Waals surface area contributed by atoms with Crippen molar-refractivity contribution in [2.45, 2.75) is 39.3 Å². The van der Waals surface area contributed by atoms with Crippen molar-refractivity contribution >= 4 is 11.8 Å². The van der Waals surface area contributed by atoms with Gasteiger partial charge in [0.15, 0.2) is 11.4 Å². The number of ether oxygens (including phenoxy) is 1. The molecule has 0 fully saturated rings. The minimum atomic E-state index is -1.15. The average molecular weight is 300 g/mol. The van der Waals surface area contributed by atoms with Gasteiger partial charge in [0.1, 0.15) is 5.69 Å². The Morgan fingerprint density at radius 2 is 1.86 bits per heavy atom. The van der Waals surface area contributed by atoms with Crippen LogP contribution in [0.1, 0.15) is 49.8 Å². The smallest absolute Gasteiger partial charge is 0.357 e. The molecule has 0 aliphatic rings. The largest absolute Gasteiger partial charge is 0.447 e. The average Bonchev–Trinajstić information content (AvgIpc) is 2.96. The molecule has 1 atom stereocenters. The van der Waals surface area contributed by atoms with E-state index < -0.39 is 11.6 Å². The van der Waals surface area contributed by atoms with Gasteiger partial charge in [-0.2, -0.15) is 0 Å². The summed E-state index contributed by atoms with van der Waals surface area (Å²) in [4.78, 5) is 27.9. The Morgan fingerprint density at radius 1 is 1.23 bits per heavy atom. The van der Waals surface area contributed by atoms with E-state index >= 15 is 0 Å². The zero-order valence-electron chi connectivity index (χ0n) is 13.2. The molecular formula is C17H20N2O3. The lowest BCUT2D eigenvalue weighted by molar-refractivity contribution is -0.132. The molecule has 0 radical (unpaired) electrons. The van der Waals surface area contributed by atoms with Crippen LogP contribution in [0.15, 0.2) is 42.9 Å². The molecule has 2 rings (SSSR count). The van der Waals surface area contributed by atoms with Crippen molar-refractivity contribution in [2.75, 3.05) is 0 Å². The van der Waals surface area contributed by atoms with Gasteiger partial charge in [0.25, 0.3) is 0 Å². The lowest BCUT2D eigenvalue weighted by Crippen LogP contribution is -2.36. The van der Waals surface area contributed by atoms with Gasteiger partial charge in [-0.15, -0.1) is 0 Å². The summed E-state index contributed by atoms with van der Waals surface area (Å²) in [5.74, 6) is -0.761. The molecular weight excluding hydrogens is 280 g/mol. The predicted molar refractivity (Wildman–Crippen MR) is 82.7 cm³/mol. The molecule has 5 heteroatoms. The molecule has 0 spiro atoms. The molecule has 0 aliphatic heterocycles. The lowest BCUT2D eigenvalue weighted by Gasteiger charge is -2.23. The number of rotatable bonds is 5. The maximum Gasteiger partial charge on any atom is 0.357 e. The van der Waals surface area contributed by atoms with E-state index in [1.807, 2.05) is 37.3 Å². The highest BCUT2D eigenvalue weighted by Gasteiger charge is 2.30. The van der Waals surface area contributed by atoms with Gasteiger partial charge in [-0.3, -0.25) is 4.79 Å². The van der Waals surface area contributed by atoms with Crippen LogP contribution in [0.3, 0.4) is 0 Å². The first-order chi connectivity index (χ1) is 10.3. The molecule has 0 amide bonds. The highest BCUT2D eigenvalue weighted by Crippen LogP contribution is 2.21. The Morgan fingerprint density at radius 3 is 2.45 bits per heavy atom. The third-order valence-corrected chi connectivity index (χ3v) is 3.77. The number of esters is 1. The van der Waals surface area contributed by atoms with Crippen molar-refractivity contribution in [2.24, 2.45) is 0 Å². The van der Waals surface area contributed by atoms with Crippen molar-refractivity contribution in [1.29, 1.82) is 0 Å². The van der Waals surface area contributed by atoms with Crippen LogP contribution in [-0.2, 0) is 9.53 Å². The summed E-state index contributed by atoms with van der Waals surface area (Å²) >= 11 is 0. The minimum absolute atomic E-state index is 0.0632. The van der Waals surface area contributed by atoms with Crippen LogP contribution in [0.5, 0.6) is 0 Å². The van der Waals surface area contributed by atoms with E-state index in [0.29, 0.717) is 5.69 Å². The summed E-state index contributed by atoms with van der Waals surface area (Å²) in [6.45, 7) is 6.53. The van der Waals surface area contributed by atoms with E-state index in [0.717, 1.165) is 5.56 Å². The van der Waals surface area contributed by atoms with Crippen molar-refractivity contribution in [3.63, 3.8) is 0 Å². The molecule has 1 aromatic carbocycles. The van der Waals surface area contributed by atoms with Gasteiger partial charge < -0.3 is 9.30 Å². The molecule has 2 aromatic rings. The maximum atomic E-state index is 12.3. The zero-order valence-corrected chi connectivity index (χ0v) is 13.2. The van der Waals surface area contributed by atoms with Crippen LogP contribution in [0.4, 0.5) is 0 Å². The third-order valence-electron chi connectivity index (χ3n) is 3.77. The van der Waals surface area contributed by atoms with Crippen molar-refractivity contribution in [3.05, 3.63) is 54.1 Å². The first-order valence-corrected chi connectivity index (χ1v) is 7.14. The normalized spacial score (nSPS) is 12.7. The number of carbonyl (C=O) groups is 2. The fourth-order valence-corrected chi connectivity index (χ4v) is 2.02. The number of hydrogen-bond acceptors (Lipinski definition) is 4. The van der Waals surface area contributed by atoms with Gasteiger partial charge >= 0.3 is 5.97 Å². The second-order valence-corrected chi connectivity index (χ2v) is 5.73. The van der Waals surface area contributed by atoms with E-state index in [4.69, 9.17) is 4.74 Å². The standard InChI is InChI=1S/C17H20N2O3/c1-12(14-8-6-5-7-9-14)19-11-18-10-15(19)16(21)22-17(3,4)13(2)20/h5-12H,1-4H3. The fraction of sp³-hybridized carbons (Fsp3) is 0.353. The van der Waals surface area contributed by atoms with Crippen LogP contribution in [0.25, 0.3) is 0 Å². The highest BCUT2D eigenvalue weighted by atomic mass is 16.6. The molecule has 5 nitrogen and oxygen atoms in total. The third kappa shape index (κ3) is 3.24. The summed E-state index contributed by atoms with van der Waals surface area (Å²) < 4.78 is 7.06. The summed E-state index contributed by atoms with van der Waals surface area (Å²) in [5.41, 5.74) is 0.230. The topological polar surface area (TPSA) is 61.2 Å². The quantitative estimate of drug-likeness (QED) is 0.796. The molecule has 0 bridgehead atoms. The summed E-state index contributed by atoms with van der Waals surface area (Å²) in [6, 6.07) is 9.73. The number of hydrogen-bond donors (Lipinski definition) is 0. The van der Waals surface area contributed by atoms with Gasteiger partial charge in [-0.05, 0) is 33.3 Å². The molecule has 22 heavy (non-hydrogen) atoms. The number of Topliss-reactive ketones (excluding diaryl/α,β-unsaturated/α-hetero) is 1. The molecule has 1 heterocycles. The first kappa shape index (κ1) is 15.9. The second kappa shape index (κ2) is 6.13. The van der Waals surface area contributed by atoms with Crippen LogP contribution in [-0.4, -0.2) is 26.9 Å². The number of benzene rings is 1. The van der Waals surface area contributed by atoms with Crippen LogP contribution < -0.4 is 0 Å². The van der Waals surface area contributed by atoms with Crippen molar-refractivity contribution < 1.29 is 14.3 Å². The molecule has 0 saturated heterocycles. The van der Waals surface area contributed by atoms with Crippen molar-refractivity contribution in [3.8, 4) is 0 Å². The van der Waals surface area contributed by atoms with Gasteiger partial charge in [0.05, 0.1) is 18.6 Å². The summed E-state index contributed by atoms with van der Waals surface area (Å²) in [5, 5.41) is 0. The zero-order chi connectivity index (χ0) is 16.3. The Balaban J connectivity index is 2.26. The van der Waals surface area contributed by atoms with Gasteiger partial charge in [0.2, 0.25) is 0 Å². The van der Waals surface area contributed by atoms with E-state index in [2.05, 4.69) is 4.98 Å². The van der Waals surface area contributed by atoms with Crippen molar-refractivity contribution in [1.82, 2.24) is 9.55 Å². The second-order valence-electron chi connectivity index (χ2n) is 5.73. The molecule has 0 saturated carbocycles. The predicted octanol–water partition coefficient (Wildman–Crippen LogP) is 3.02. The monoisotopic (exact) mass is 300 g/mol. The lowest BCUT2D eigenvalue weighted by atomic mass is 10.1. The van der Waals surface area contributed by atoms with Crippen LogP contribution in [0, 0.1) is 0 Å². The van der Waals surface area contributed by atoms with Gasteiger partial charge in [-0.25, -0.2) is 9.78 Å². The number of imidazole rings is 1. The number of ketones is 1. The number of nitrogens with zero attached hydrogens (tertiary/aromatic N) is 2. The molecule has 1 unspecified atom stereocenters. The van der Waals surface area contributed by atoms with Crippen LogP contribution >= 0.6 is 0 Å². The molecule has 0 N–H and O–H groups in total. The number of carbonyl (C=O) groups excluding carboxylic acids is 2. The summed E-state index contributed by atoms with van der Waals surface area (Å²) in [7, 11) is 0. The number of aromatic nitrogens is 2. The van der Waals surface area contributed by atoms with E-state index in [1.165, 1.54) is 13.1 Å². The van der Waals surface area contributed by atoms with E-state index in [-0.39, 0.29) is 11.8 Å². The minimum Gasteiger partial charge on any atom is -0.447 e. The van der Waals surface area contributed by atoms with Gasteiger partial charge in [-0.1, -0.05) is 30.3 Å². The molecule has 1 aromatic heterocycles. The van der Waals surface area contributed by atoms with E-state index in [1.54, 1.807) is 24.7 Å². The Labute approximate surface area is 129 Å². The Hall–Kier alpha value is -2.43. The Bertz CT molecular complexity index is 674. The van der Waals surface area contributed by atoms with Gasteiger partial charge in [0, 0.05) is 0 Å². The first-order valence-electron chi connectivity index (χ1n) is 7.14. The Kier molecular flexibility index (Phi) is 4.45. The molecule has 116 valence electrons. The SMILES string of the molecule is CC(=O)C(C)(C)OC(=O)c1cncn1C(C)c1ccccc1.